The fraction of sp³-hybridized carbons (Fsp3) is 0.588. The minimum atomic E-state index is -0.792. The second-order valence-corrected chi connectivity index (χ2v) is 7.71. The van der Waals surface area contributed by atoms with Crippen LogP contribution in [0.1, 0.15) is 24.6 Å². The molecule has 3 N–H and O–H groups in total. The number of carbonyl (C=O) groups excluding carboxylic acids is 2. The quantitative estimate of drug-likeness (QED) is 0.260. The van der Waals surface area contributed by atoms with Crippen molar-refractivity contribution in [1.82, 2.24) is 20.9 Å². The molecule has 0 spiro atoms. The number of guanidine groups is 1. The molecule has 2 saturated heterocycles. The highest BCUT2D eigenvalue weighted by Gasteiger charge is 2.48. The van der Waals surface area contributed by atoms with Crippen LogP contribution in [0, 0.1) is 5.92 Å². The van der Waals surface area contributed by atoms with E-state index >= 15 is 0 Å². The number of hydrogen-bond acceptors (Lipinski definition) is 4. The van der Waals surface area contributed by atoms with Gasteiger partial charge in [0.05, 0.1) is 0 Å². The Hall–Kier alpha value is -1.36. The van der Waals surface area contributed by atoms with Crippen molar-refractivity contribution in [2.24, 2.45) is 10.9 Å². The van der Waals surface area contributed by atoms with Crippen molar-refractivity contribution in [2.75, 3.05) is 26.7 Å². The molecule has 2 aliphatic rings. The number of halogens is 1. The number of thiophene rings is 1. The van der Waals surface area contributed by atoms with Crippen LogP contribution in [0.4, 0.5) is 4.79 Å². The molecular formula is C17H26IN5O2S. The van der Waals surface area contributed by atoms with Crippen molar-refractivity contribution in [3.05, 3.63) is 22.4 Å². The number of urea groups is 1. The highest BCUT2D eigenvalue weighted by molar-refractivity contribution is 14.0. The van der Waals surface area contributed by atoms with Crippen molar-refractivity contribution in [3.8, 4) is 0 Å². The van der Waals surface area contributed by atoms with Gasteiger partial charge in [0.1, 0.15) is 5.54 Å². The van der Waals surface area contributed by atoms with Gasteiger partial charge in [0.15, 0.2) is 5.96 Å². The Morgan fingerprint density at radius 2 is 2.15 bits per heavy atom. The number of aliphatic imine (C=N–C) groups is 1. The molecule has 3 heterocycles. The average Bonchev–Trinajstić information content (AvgIpc) is 3.20. The molecule has 0 bridgehead atoms. The van der Waals surface area contributed by atoms with E-state index in [0.29, 0.717) is 0 Å². The standard InChI is InChI=1S/C17H25N5O2S.HI/c1-17(14(23)20-16(24)21-17)12-6-9-22(10-7-12)15(18-2)19-8-5-13-4-3-11-25-13;/h3-4,11-12H,5-10H2,1-2H3,(H,18,19)(H2,20,21,23,24);1H. The first kappa shape index (κ1) is 20.9. The monoisotopic (exact) mass is 491 g/mol. The second-order valence-electron chi connectivity index (χ2n) is 6.68. The van der Waals surface area contributed by atoms with Gasteiger partial charge in [-0.25, -0.2) is 4.79 Å². The van der Waals surface area contributed by atoms with E-state index in [4.69, 9.17) is 0 Å². The van der Waals surface area contributed by atoms with Crippen molar-refractivity contribution >= 4 is 53.2 Å². The highest BCUT2D eigenvalue weighted by atomic mass is 127. The van der Waals surface area contributed by atoms with Gasteiger partial charge in [-0.05, 0) is 43.6 Å². The summed E-state index contributed by atoms with van der Waals surface area (Å²) in [5.41, 5.74) is -0.792. The normalized spacial score (nSPS) is 24.1. The van der Waals surface area contributed by atoms with E-state index in [9.17, 15) is 9.59 Å². The van der Waals surface area contributed by atoms with Crippen molar-refractivity contribution in [3.63, 3.8) is 0 Å². The number of likely N-dealkylation sites (tertiary alicyclic amines) is 1. The largest absolute Gasteiger partial charge is 0.356 e. The molecule has 144 valence electrons. The third-order valence-corrected chi connectivity index (χ3v) is 6.07. The summed E-state index contributed by atoms with van der Waals surface area (Å²) >= 11 is 1.77. The Labute approximate surface area is 175 Å². The number of piperidine rings is 1. The summed E-state index contributed by atoms with van der Waals surface area (Å²) in [5, 5.41) is 10.7. The van der Waals surface area contributed by atoms with Gasteiger partial charge in [0.2, 0.25) is 0 Å². The smallest absolute Gasteiger partial charge is 0.322 e. The second kappa shape index (κ2) is 9.03. The van der Waals surface area contributed by atoms with Crippen LogP contribution >= 0.6 is 35.3 Å². The van der Waals surface area contributed by atoms with Crippen molar-refractivity contribution < 1.29 is 9.59 Å². The van der Waals surface area contributed by atoms with Crippen LogP contribution in [0.3, 0.4) is 0 Å². The summed E-state index contributed by atoms with van der Waals surface area (Å²) in [7, 11) is 1.80. The third-order valence-electron chi connectivity index (χ3n) is 5.13. The van der Waals surface area contributed by atoms with Crippen LogP contribution in [0.2, 0.25) is 0 Å². The molecular weight excluding hydrogens is 465 g/mol. The topological polar surface area (TPSA) is 85.8 Å². The molecule has 1 aromatic heterocycles. The lowest BCUT2D eigenvalue weighted by Gasteiger charge is -2.39. The van der Waals surface area contributed by atoms with Crippen LogP contribution in [-0.2, 0) is 11.2 Å². The zero-order valence-corrected chi connectivity index (χ0v) is 18.2. The average molecular weight is 491 g/mol. The molecule has 2 fully saturated rings. The van der Waals surface area contributed by atoms with Crippen LogP contribution in [0.5, 0.6) is 0 Å². The Morgan fingerprint density at radius 3 is 2.69 bits per heavy atom. The van der Waals surface area contributed by atoms with E-state index in [1.165, 1.54) is 4.88 Å². The molecule has 1 atom stereocenters. The van der Waals surface area contributed by atoms with E-state index in [1.807, 2.05) is 6.92 Å². The van der Waals surface area contributed by atoms with Gasteiger partial charge in [0, 0.05) is 31.6 Å². The first-order valence-corrected chi connectivity index (χ1v) is 9.52. The maximum absolute atomic E-state index is 12.1. The molecule has 26 heavy (non-hydrogen) atoms. The number of imide groups is 1. The van der Waals surface area contributed by atoms with Crippen LogP contribution < -0.4 is 16.0 Å². The van der Waals surface area contributed by atoms with E-state index in [-0.39, 0.29) is 41.8 Å². The summed E-state index contributed by atoms with van der Waals surface area (Å²) in [4.78, 5) is 31.5. The van der Waals surface area contributed by atoms with E-state index < -0.39 is 5.54 Å². The summed E-state index contributed by atoms with van der Waals surface area (Å²) < 4.78 is 0. The van der Waals surface area contributed by atoms with Gasteiger partial charge < -0.3 is 15.5 Å². The van der Waals surface area contributed by atoms with Gasteiger partial charge >= 0.3 is 6.03 Å². The van der Waals surface area contributed by atoms with Crippen LogP contribution in [0.15, 0.2) is 22.5 Å². The fourth-order valence-electron chi connectivity index (χ4n) is 3.60. The first-order valence-electron chi connectivity index (χ1n) is 8.64. The molecule has 9 heteroatoms. The number of hydrogen-bond donors (Lipinski definition) is 3. The van der Waals surface area contributed by atoms with Crippen molar-refractivity contribution in [2.45, 2.75) is 31.7 Å². The number of nitrogens with zero attached hydrogens (tertiary/aromatic N) is 2. The minimum Gasteiger partial charge on any atom is -0.356 e. The Balaban J connectivity index is 0.00000243. The van der Waals surface area contributed by atoms with Crippen LogP contribution in [-0.4, -0.2) is 55.0 Å². The maximum Gasteiger partial charge on any atom is 0.322 e. The van der Waals surface area contributed by atoms with Gasteiger partial charge in [-0.2, -0.15) is 0 Å². The van der Waals surface area contributed by atoms with Gasteiger partial charge in [-0.3, -0.25) is 15.1 Å². The maximum atomic E-state index is 12.1. The summed E-state index contributed by atoms with van der Waals surface area (Å²) in [5.74, 6) is 0.828. The molecule has 7 nitrogen and oxygen atoms in total. The lowest BCUT2D eigenvalue weighted by molar-refractivity contribution is -0.125. The molecule has 0 aliphatic carbocycles. The number of rotatable bonds is 4. The molecule has 3 amide bonds. The number of carbonyl (C=O) groups is 2. The van der Waals surface area contributed by atoms with Crippen LogP contribution in [0.25, 0.3) is 0 Å². The molecule has 1 unspecified atom stereocenters. The van der Waals surface area contributed by atoms with E-state index in [0.717, 1.165) is 44.9 Å². The minimum absolute atomic E-state index is 0. The predicted octanol–water partition coefficient (Wildman–Crippen LogP) is 1.79. The molecule has 1 aromatic rings. The molecule has 0 saturated carbocycles. The van der Waals surface area contributed by atoms with Gasteiger partial charge in [-0.15, -0.1) is 35.3 Å². The molecule has 0 radical (unpaired) electrons. The third kappa shape index (κ3) is 4.48. The number of nitrogens with one attached hydrogen (secondary N) is 3. The Bertz CT molecular complexity index is 658. The Morgan fingerprint density at radius 1 is 1.42 bits per heavy atom. The highest BCUT2D eigenvalue weighted by Crippen LogP contribution is 2.30. The molecule has 3 rings (SSSR count). The lowest BCUT2D eigenvalue weighted by atomic mass is 9.79. The van der Waals surface area contributed by atoms with E-state index in [1.54, 1.807) is 18.4 Å². The zero-order valence-electron chi connectivity index (χ0n) is 15.1. The lowest BCUT2D eigenvalue weighted by Crippen LogP contribution is -2.55. The van der Waals surface area contributed by atoms with E-state index in [2.05, 4.69) is 43.4 Å². The van der Waals surface area contributed by atoms with Crippen molar-refractivity contribution in [1.29, 1.82) is 0 Å². The predicted molar refractivity (Wildman–Crippen MR) is 114 cm³/mol. The molecule has 2 aliphatic heterocycles. The SMILES string of the molecule is CN=C(NCCc1cccs1)N1CCC(C2(C)NC(=O)NC2=O)CC1.I. The summed E-state index contributed by atoms with van der Waals surface area (Å²) in [6.45, 7) is 4.31. The number of amides is 3. The van der Waals surface area contributed by atoms with Gasteiger partial charge in [-0.1, -0.05) is 6.07 Å². The van der Waals surface area contributed by atoms with Gasteiger partial charge in [0.25, 0.3) is 5.91 Å². The first-order chi connectivity index (χ1) is 12.0. The fourth-order valence-corrected chi connectivity index (χ4v) is 4.31. The Kier molecular flexibility index (Phi) is 7.27. The molecule has 0 aromatic carbocycles. The summed E-state index contributed by atoms with van der Waals surface area (Å²) in [6, 6.07) is 3.82. The zero-order chi connectivity index (χ0) is 17.9. The summed E-state index contributed by atoms with van der Waals surface area (Å²) in [6.07, 6.45) is 2.67.